The van der Waals surface area contributed by atoms with Crippen molar-refractivity contribution in [2.75, 3.05) is 6.54 Å². The Morgan fingerprint density at radius 3 is 2.73 bits per heavy atom. The lowest BCUT2D eigenvalue weighted by molar-refractivity contribution is 0.0700. The van der Waals surface area contributed by atoms with Crippen LogP contribution in [-0.2, 0) is 0 Å². The largest absolute Gasteiger partial charge is 0.477 e. The Morgan fingerprint density at radius 1 is 1.36 bits per heavy atom. The lowest BCUT2D eigenvalue weighted by Crippen LogP contribution is -2.30. The summed E-state index contributed by atoms with van der Waals surface area (Å²) in [5.74, 6) is -1.12. The van der Waals surface area contributed by atoms with Gasteiger partial charge in [0.15, 0.2) is 5.13 Å². The quantitative estimate of drug-likeness (QED) is 0.922. The van der Waals surface area contributed by atoms with E-state index in [1.165, 1.54) is 17.4 Å². The molecule has 1 fully saturated rings. The Bertz CT molecular complexity index is 737. The summed E-state index contributed by atoms with van der Waals surface area (Å²) in [6.07, 6.45) is 1.67. The van der Waals surface area contributed by atoms with Gasteiger partial charge in [0.2, 0.25) is 0 Å². The van der Waals surface area contributed by atoms with Crippen molar-refractivity contribution in [3.63, 3.8) is 0 Å². The molecule has 1 aliphatic rings. The van der Waals surface area contributed by atoms with Crippen LogP contribution in [0.1, 0.15) is 48.7 Å². The van der Waals surface area contributed by atoms with E-state index < -0.39 is 5.97 Å². The number of halogens is 1. The number of carbonyl (C=O) groups excluding carboxylic acids is 1. The van der Waals surface area contributed by atoms with Crippen molar-refractivity contribution in [3.05, 3.63) is 43.5 Å². The molecule has 116 valence electrons. The highest BCUT2D eigenvalue weighted by Gasteiger charge is 2.33. The molecule has 0 bridgehead atoms. The van der Waals surface area contributed by atoms with Gasteiger partial charge in [-0.3, -0.25) is 4.79 Å². The summed E-state index contributed by atoms with van der Waals surface area (Å²) in [5.41, 5.74) is 0.649. The molecule has 4 nitrogen and oxygen atoms in total. The number of nitrogens with zero attached hydrogens (tertiary/aromatic N) is 1. The summed E-state index contributed by atoms with van der Waals surface area (Å²) in [7, 11) is 0. The van der Waals surface area contributed by atoms with E-state index in [1.54, 1.807) is 24.0 Å². The fourth-order valence-electron chi connectivity index (χ4n) is 2.74. The first kappa shape index (κ1) is 15.2. The molecule has 1 N–H and O–H groups in total. The van der Waals surface area contributed by atoms with E-state index in [0.717, 1.165) is 29.1 Å². The smallest absolute Gasteiger partial charge is 0.345 e. The van der Waals surface area contributed by atoms with Crippen LogP contribution in [0.3, 0.4) is 0 Å². The Balaban J connectivity index is 1.87. The van der Waals surface area contributed by atoms with Gasteiger partial charge in [-0.25, -0.2) is 4.79 Å². The maximum absolute atomic E-state index is 13.3. The van der Waals surface area contributed by atoms with Crippen LogP contribution in [0.2, 0.25) is 0 Å². The molecule has 0 radical (unpaired) electrons. The standard InChI is InChI=1S/C15H14FNO3S2/c1-8-7-12(16)22-13(8)14(18)17-6-2-3-9(17)10-4-5-11(21-10)15(19)20/h4-5,7,9H,2-3,6H2,1H3,(H,19,20). The lowest BCUT2D eigenvalue weighted by atomic mass is 10.1. The average molecular weight is 339 g/mol. The van der Waals surface area contributed by atoms with Crippen LogP contribution in [0, 0.1) is 12.1 Å². The number of aromatic carboxylic acids is 1. The van der Waals surface area contributed by atoms with Gasteiger partial charge in [0.1, 0.15) is 4.88 Å². The maximum Gasteiger partial charge on any atom is 0.345 e. The predicted octanol–water partition coefficient (Wildman–Crippen LogP) is 3.93. The Hall–Kier alpha value is -1.73. The summed E-state index contributed by atoms with van der Waals surface area (Å²) in [6, 6.07) is 4.59. The molecule has 0 aromatic carbocycles. The third-order valence-corrected chi connectivity index (χ3v) is 5.95. The zero-order chi connectivity index (χ0) is 15.9. The number of hydrogen-bond acceptors (Lipinski definition) is 4. The average Bonchev–Trinajstić information content (AvgIpc) is 3.15. The van der Waals surface area contributed by atoms with E-state index in [1.807, 2.05) is 0 Å². The van der Waals surface area contributed by atoms with Gasteiger partial charge in [0.25, 0.3) is 5.91 Å². The van der Waals surface area contributed by atoms with Crippen molar-refractivity contribution < 1.29 is 19.1 Å². The summed E-state index contributed by atoms with van der Waals surface area (Å²) >= 11 is 2.07. The van der Waals surface area contributed by atoms with Crippen LogP contribution in [0.15, 0.2) is 18.2 Å². The van der Waals surface area contributed by atoms with Gasteiger partial charge in [-0.1, -0.05) is 0 Å². The molecule has 3 rings (SSSR count). The molecule has 7 heteroatoms. The van der Waals surface area contributed by atoms with Gasteiger partial charge in [0.05, 0.1) is 10.9 Å². The zero-order valence-electron chi connectivity index (χ0n) is 11.8. The highest BCUT2D eigenvalue weighted by atomic mass is 32.1. The van der Waals surface area contributed by atoms with E-state index >= 15 is 0 Å². The van der Waals surface area contributed by atoms with E-state index in [9.17, 15) is 14.0 Å². The number of hydrogen-bond donors (Lipinski definition) is 1. The van der Waals surface area contributed by atoms with Gasteiger partial charge in [-0.15, -0.1) is 22.7 Å². The summed E-state index contributed by atoms with van der Waals surface area (Å²) in [4.78, 5) is 27.0. The molecule has 1 amide bonds. The van der Waals surface area contributed by atoms with Crippen molar-refractivity contribution >= 4 is 34.6 Å². The highest BCUT2D eigenvalue weighted by molar-refractivity contribution is 7.14. The van der Waals surface area contributed by atoms with Gasteiger partial charge in [-0.05, 0) is 43.5 Å². The number of carboxylic acid groups (broad SMARTS) is 1. The van der Waals surface area contributed by atoms with Crippen molar-refractivity contribution in [1.82, 2.24) is 4.90 Å². The molecule has 1 unspecified atom stereocenters. The second kappa shape index (κ2) is 5.81. The van der Waals surface area contributed by atoms with Gasteiger partial charge >= 0.3 is 5.97 Å². The molecule has 0 saturated carbocycles. The monoisotopic (exact) mass is 339 g/mol. The molecule has 2 aromatic rings. The van der Waals surface area contributed by atoms with Crippen LogP contribution in [0.4, 0.5) is 4.39 Å². The van der Waals surface area contributed by atoms with E-state index in [0.29, 0.717) is 17.0 Å². The van der Waals surface area contributed by atoms with Crippen LogP contribution >= 0.6 is 22.7 Å². The third-order valence-electron chi connectivity index (χ3n) is 3.76. The van der Waals surface area contributed by atoms with Crippen LogP contribution in [-0.4, -0.2) is 28.4 Å². The second-order valence-electron chi connectivity index (χ2n) is 5.23. The summed E-state index contributed by atoms with van der Waals surface area (Å²) in [5, 5.41) is 8.66. The first-order valence-electron chi connectivity index (χ1n) is 6.87. The molecule has 1 saturated heterocycles. The minimum Gasteiger partial charge on any atom is -0.477 e. The SMILES string of the molecule is Cc1cc(F)sc1C(=O)N1CCCC1c1ccc(C(=O)O)s1. The summed E-state index contributed by atoms with van der Waals surface area (Å²) < 4.78 is 13.3. The van der Waals surface area contributed by atoms with Crippen LogP contribution < -0.4 is 0 Å². The molecule has 1 aliphatic heterocycles. The van der Waals surface area contributed by atoms with Crippen molar-refractivity contribution in [2.24, 2.45) is 0 Å². The Labute approximate surface area is 134 Å². The Kier molecular flexibility index (Phi) is 4.01. The van der Waals surface area contributed by atoms with Crippen molar-refractivity contribution in [2.45, 2.75) is 25.8 Å². The van der Waals surface area contributed by atoms with E-state index in [2.05, 4.69) is 0 Å². The molecule has 3 heterocycles. The van der Waals surface area contributed by atoms with Gasteiger partial charge in [-0.2, -0.15) is 4.39 Å². The minimum absolute atomic E-state index is 0.116. The minimum atomic E-state index is -0.955. The molecule has 1 atom stereocenters. The fourth-order valence-corrected chi connectivity index (χ4v) is 4.59. The second-order valence-corrected chi connectivity index (χ2v) is 7.34. The molecule has 22 heavy (non-hydrogen) atoms. The zero-order valence-corrected chi connectivity index (χ0v) is 13.5. The number of thiophene rings is 2. The number of carbonyl (C=O) groups is 2. The number of rotatable bonds is 3. The number of carboxylic acids is 1. The first-order chi connectivity index (χ1) is 10.5. The predicted molar refractivity (Wildman–Crippen MR) is 83.3 cm³/mol. The lowest BCUT2D eigenvalue weighted by Gasteiger charge is -2.23. The van der Waals surface area contributed by atoms with Crippen molar-refractivity contribution in [3.8, 4) is 0 Å². The van der Waals surface area contributed by atoms with Gasteiger partial charge < -0.3 is 10.0 Å². The topological polar surface area (TPSA) is 57.6 Å². The van der Waals surface area contributed by atoms with E-state index in [4.69, 9.17) is 5.11 Å². The number of amides is 1. The molecular weight excluding hydrogens is 325 g/mol. The number of likely N-dealkylation sites (tertiary alicyclic amines) is 1. The van der Waals surface area contributed by atoms with Crippen LogP contribution in [0.5, 0.6) is 0 Å². The first-order valence-corrected chi connectivity index (χ1v) is 8.50. The van der Waals surface area contributed by atoms with Gasteiger partial charge in [0, 0.05) is 11.4 Å². The maximum atomic E-state index is 13.3. The molecular formula is C15H14FNO3S2. The Morgan fingerprint density at radius 2 is 2.14 bits per heavy atom. The molecule has 0 spiro atoms. The number of aryl methyl sites for hydroxylation is 1. The van der Waals surface area contributed by atoms with Crippen molar-refractivity contribution in [1.29, 1.82) is 0 Å². The highest BCUT2D eigenvalue weighted by Crippen LogP contribution is 2.38. The summed E-state index contributed by atoms with van der Waals surface area (Å²) in [6.45, 7) is 2.34. The molecule has 0 aliphatic carbocycles. The fraction of sp³-hybridized carbons (Fsp3) is 0.333. The third kappa shape index (κ3) is 2.66. The van der Waals surface area contributed by atoms with E-state index in [-0.39, 0.29) is 22.0 Å². The normalized spacial score (nSPS) is 17.9. The molecule has 2 aromatic heterocycles. The van der Waals surface area contributed by atoms with Crippen LogP contribution in [0.25, 0.3) is 0 Å².